The highest BCUT2D eigenvalue weighted by atomic mass is 16.5. The Hall–Kier alpha value is -1.06. The van der Waals surface area contributed by atoms with Gasteiger partial charge in [0.1, 0.15) is 6.10 Å². The Labute approximate surface area is 243 Å². The second-order valence-corrected chi connectivity index (χ2v) is 12.1. The van der Waals surface area contributed by atoms with Crippen molar-refractivity contribution in [3.63, 3.8) is 0 Å². The molecule has 0 fully saturated rings. The Kier molecular flexibility index (Phi) is 30.6. The fraction of sp³-hybridized carbons (Fsp3) is 0.943. The lowest BCUT2D eigenvalue weighted by atomic mass is 10.0. The number of esters is 1. The van der Waals surface area contributed by atoms with Crippen molar-refractivity contribution < 1.29 is 19.4 Å². The van der Waals surface area contributed by atoms with E-state index in [-0.39, 0.29) is 18.5 Å². The van der Waals surface area contributed by atoms with Gasteiger partial charge in [-0.2, -0.15) is 0 Å². The van der Waals surface area contributed by atoms with Crippen molar-refractivity contribution in [1.82, 2.24) is 0 Å². The molecule has 4 nitrogen and oxygen atoms in total. The van der Waals surface area contributed by atoms with Gasteiger partial charge >= 0.3 is 11.9 Å². The zero-order valence-electron chi connectivity index (χ0n) is 26.5. The summed E-state index contributed by atoms with van der Waals surface area (Å²) >= 11 is 0. The number of carboxylic acid groups (broad SMARTS) is 1. The van der Waals surface area contributed by atoms with Crippen molar-refractivity contribution in [2.45, 2.75) is 213 Å². The molecule has 0 amide bonds. The fourth-order valence-corrected chi connectivity index (χ4v) is 5.48. The van der Waals surface area contributed by atoms with Crippen LogP contribution >= 0.6 is 0 Å². The predicted octanol–water partition coefficient (Wildman–Crippen LogP) is 11.7. The highest BCUT2D eigenvalue weighted by Gasteiger charge is 2.14. The number of carboxylic acids is 1. The zero-order chi connectivity index (χ0) is 28.7. The number of hydrogen-bond acceptors (Lipinski definition) is 3. The summed E-state index contributed by atoms with van der Waals surface area (Å²) in [5.41, 5.74) is 0. The molecule has 232 valence electrons. The number of aliphatic carboxylic acids is 1. The Morgan fingerprint density at radius 1 is 0.462 bits per heavy atom. The van der Waals surface area contributed by atoms with Gasteiger partial charge < -0.3 is 9.84 Å². The van der Waals surface area contributed by atoms with Crippen LogP contribution in [0, 0.1) is 0 Å². The van der Waals surface area contributed by atoms with Crippen molar-refractivity contribution in [2.75, 3.05) is 0 Å². The topological polar surface area (TPSA) is 63.6 Å². The van der Waals surface area contributed by atoms with Gasteiger partial charge in [-0.25, -0.2) is 0 Å². The number of rotatable bonds is 32. The first kappa shape index (κ1) is 37.9. The van der Waals surface area contributed by atoms with Crippen molar-refractivity contribution in [3.05, 3.63) is 0 Å². The maximum Gasteiger partial charge on any atom is 0.306 e. The molecule has 0 aromatic heterocycles. The number of carbonyl (C=O) groups excluding carboxylic acids is 1. The molecular weight excluding hydrogens is 484 g/mol. The molecule has 0 aromatic carbocycles. The second-order valence-electron chi connectivity index (χ2n) is 12.1. The van der Waals surface area contributed by atoms with Crippen LogP contribution in [0.2, 0.25) is 0 Å². The van der Waals surface area contributed by atoms with Gasteiger partial charge in [0.2, 0.25) is 0 Å². The van der Waals surface area contributed by atoms with E-state index in [9.17, 15) is 9.59 Å². The lowest BCUT2D eigenvalue weighted by Gasteiger charge is -2.18. The average molecular weight is 553 g/mol. The third-order valence-electron chi connectivity index (χ3n) is 8.08. The van der Waals surface area contributed by atoms with Gasteiger partial charge in [0.05, 0.1) is 0 Å². The zero-order valence-corrected chi connectivity index (χ0v) is 26.5. The normalized spacial score (nSPS) is 12.1. The lowest BCUT2D eigenvalue weighted by molar-refractivity contribution is -0.150. The molecule has 1 unspecified atom stereocenters. The van der Waals surface area contributed by atoms with Crippen molar-refractivity contribution in [1.29, 1.82) is 0 Å². The first-order chi connectivity index (χ1) is 19.1. The largest absolute Gasteiger partial charge is 0.481 e. The maximum absolute atomic E-state index is 12.4. The van der Waals surface area contributed by atoms with Crippen LogP contribution in [-0.4, -0.2) is 23.1 Å². The first-order valence-corrected chi connectivity index (χ1v) is 17.5. The summed E-state index contributed by atoms with van der Waals surface area (Å²) in [7, 11) is 0. The SMILES string of the molecule is CCCCCCCCCCCCCCCCCCCCC(=O)OC(CCCCCC)CCCCCCC(=O)O. The summed E-state index contributed by atoms with van der Waals surface area (Å²) in [5, 5.41) is 8.76. The van der Waals surface area contributed by atoms with Crippen LogP contribution < -0.4 is 0 Å². The predicted molar refractivity (Wildman–Crippen MR) is 167 cm³/mol. The molecule has 0 aliphatic carbocycles. The number of carbonyl (C=O) groups is 2. The van der Waals surface area contributed by atoms with E-state index in [1.807, 2.05) is 0 Å². The van der Waals surface area contributed by atoms with Gasteiger partial charge in [-0.1, -0.05) is 155 Å². The van der Waals surface area contributed by atoms with Gasteiger partial charge in [0.15, 0.2) is 0 Å². The maximum atomic E-state index is 12.4. The standard InChI is InChI=1S/C35H68O4/c1-3-5-7-9-10-11-12-13-14-15-16-17-18-19-20-21-22-28-32-35(38)39-33(29-25-8-6-4-2)30-26-23-24-27-31-34(36)37/h33H,3-32H2,1-2H3,(H,36,37). The molecule has 0 aromatic rings. The molecule has 0 saturated heterocycles. The summed E-state index contributed by atoms with van der Waals surface area (Å²) in [4.78, 5) is 23.1. The molecule has 0 bridgehead atoms. The van der Waals surface area contributed by atoms with Crippen LogP contribution in [0.5, 0.6) is 0 Å². The smallest absolute Gasteiger partial charge is 0.306 e. The van der Waals surface area contributed by atoms with E-state index in [4.69, 9.17) is 9.84 Å². The van der Waals surface area contributed by atoms with E-state index in [0.717, 1.165) is 57.8 Å². The molecule has 4 heteroatoms. The fourth-order valence-electron chi connectivity index (χ4n) is 5.48. The van der Waals surface area contributed by atoms with Crippen molar-refractivity contribution in [3.8, 4) is 0 Å². The van der Waals surface area contributed by atoms with Gasteiger partial charge in [-0.3, -0.25) is 9.59 Å². The summed E-state index contributed by atoms with van der Waals surface area (Å²) in [6.45, 7) is 4.50. The number of unbranched alkanes of at least 4 members (excludes halogenated alkanes) is 23. The third-order valence-corrected chi connectivity index (χ3v) is 8.08. The molecule has 0 heterocycles. The molecule has 1 atom stereocenters. The summed E-state index contributed by atoms with van der Waals surface area (Å²) in [5.74, 6) is -0.727. The van der Waals surface area contributed by atoms with Crippen molar-refractivity contribution in [2.24, 2.45) is 0 Å². The van der Waals surface area contributed by atoms with E-state index in [2.05, 4.69) is 13.8 Å². The van der Waals surface area contributed by atoms with E-state index < -0.39 is 5.97 Å². The van der Waals surface area contributed by atoms with E-state index in [1.165, 1.54) is 122 Å². The van der Waals surface area contributed by atoms with Crippen LogP contribution in [0.1, 0.15) is 206 Å². The first-order valence-electron chi connectivity index (χ1n) is 17.5. The molecule has 39 heavy (non-hydrogen) atoms. The molecule has 1 N–H and O–H groups in total. The van der Waals surface area contributed by atoms with Crippen LogP contribution in [0.25, 0.3) is 0 Å². The number of ether oxygens (including phenoxy) is 1. The Morgan fingerprint density at radius 2 is 0.769 bits per heavy atom. The van der Waals surface area contributed by atoms with Crippen LogP contribution in [0.4, 0.5) is 0 Å². The van der Waals surface area contributed by atoms with Crippen LogP contribution in [0.3, 0.4) is 0 Å². The monoisotopic (exact) mass is 553 g/mol. The minimum Gasteiger partial charge on any atom is -0.481 e. The van der Waals surface area contributed by atoms with Crippen LogP contribution in [-0.2, 0) is 14.3 Å². The molecule has 0 rings (SSSR count). The summed E-state index contributed by atoms with van der Waals surface area (Å²) in [6.07, 6.45) is 35.7. The van der Waals surface area contributed by atoms with E-state index in [1.54, 1.807) is 0 Å². The second kappa shape index (κ2) is 31.5. The third kappa shape index (κ3) is 31.3. The van der Waals surface area contributed by atoms with Gasteiger partial charge in [0, 0.05) is 12.8 Å². The summed E-state index contributed by atoms with van der Waals surface area (Å²) < 4.78 is 5.88. The minimum absolute atomic E-state index is 0.0159. The number of hydrogen-bond donors (Lipinski definition) is 1. The van der Waals surface area contributed by atoms with Crippen molar-refractivity contribution >= 4 is 11.9 Å². The van der Waals surface area contributed by atoms with Crippen LogP contribution in [0.15, 0.2) is 0 Å². The van der Waals surface area contributed by atoms with E-state index >= 15 is 0 Å². The molecule has 0 radical (unpaired) electrons. The van der Waals surface area contributed by atoms with Gasteiger partial charge in [0.25, 0.3) is 0 Å². The lowest BCUT2D eigenvalue weighted by Crippen LogP contribution is -2.18. The Bertz CT molecular complexity index is 519. The molecule has 0 spiro atoms. The van der Waals surface area contributed by atoms with E-state index in [0.29, 0.717) is 6.42 Å². The Balaban J connectivity index is 3.65. The Morgan fingerprint density at radius 3 is 1.15 bits per heavy atom. The van der Waals surface area contributed by atoms with Gasteiger partial charge in [-0.05, 0) is 38.5 Å². The molecule has 0 saturated carbocycles. The highest BCUT2D eigenvalue weighted by Crippen LogP contribution is 2.18. The molecule has 0 aliphatic rings. The quantitative estimate of drug-likeness (QED) is 0.0665. The molecule has 0 aliphatic heterocycles. The summed E-state index contributed by atoms with van der Waals surface area (Å²) in [6, 6.07) is 0. The van der Waals surface area contributed by atoms with Gasteiger partial charge in [-0.15, -0.1) is 0 Å². The molecular formula is C35H68O4. The highest BCUT2D eigenvalue weighted by molar-refractivity contribution is 5.69. The average Bonchev–Trinajstić information content (AvgIpc) is 2.92. The minimum atomic E-state index is -0.711.